The first-order chi connectivity index (χ1) is 11.3. The van der Waals surface area contributed by atoms with Gasteiger partial charge in [0.05, 0.1) is 44.6 Å². The summed E-state index contributed by atoms with van der Waals surface area (Å²) in [4.78, 5) is 4.85. The van der Waals surface area contributed by atoms with Gasteiger partial charge < -0.3 is 14.6 Å². The molecule has 1 aromatic carbocycles. The third kappa shape index (κ3) is 4.11. The first-order valence-electron chi connectivity index (χ1n) is 8.64. The van der Waals surface area contributed by atoms with Gasteiger partial charge in [0.15, 0.2) is 0 Å². The lowest BCUT2D eigenvalue weighted by Gasteiger charge is -2.46. The Bertz CT molecular complexity index is 457. The molecule has 2 aliphatic rings. The van der Waals surface area contributed by atoms with Gasteiger partial charge >= 0.3 is 0 Å². The molecule has 0 aromatic heterocycles. The Balaban J connectivity index is 1.90. The quantitative estimate of drug-likeness (QED) is 0.881. The maximum Gasteiger partial charge on any atom is 0.0685 e. The minimum Gasteiger partial charge on any atom is -0.392 e. The van der Waals surface area contributed by atoms with Gasteiger partial charge in [-0.1, -0.05) is 30.3 Å². The van der Waals surface area contributed by atoms with Gasteiger partial charge in [-0.05, 0) is 12.5 Å². The van der Waals surface area contributed by atoms with Crippen molar-refractivity contribution in [1.82, 2.24) is 9.80 Å². The fraction of sp³-hybridized carbons (Fsp3) is 0.667. The number of nitrogens with zero attached hydrogens (tertiary/aromatic N) is 2. The summed E-state index contributed by atoms with van der Waals surface area (Å²) in [6.07, 6.45) is -0.402. The van der Waals surface area contributed by atoms with E-state index in [1.807, 2.05) is 13.0 Å². The van der Waals surface area contributed by atoms with Crippen molar-refractivity contribution in [2.24, 2.45) is 0 Å². The van der Waals surface area contributed by atoms with E-state index >= 15 is 0 Å². The number of benzene rings is 1. The largest absolute Gasteiger partial charge is 0.392 e. The van der Waals surface area contributed by atoms with E-state index < -0.39 is 6.10 Å². The standard InChI is InChI=1S/C18H28N2O3/c1-15(21)17(19-7-11-22-12-8-19)18(16-5-3-2-4-6-16)20-9-13-23-14-10-20/h2-6,15,17-18,21H,7-14H2,1H3/t15-,17-,18-/m1/s1. The fourth-order valence-corrected chi connectivity index (χ4v) is 3.77. The molecule has 0 unspecified atom stereocenters. The van der Waals surface area contributed by atoms with E-state index in [0.717, 1.165) is 52.6 Å². The molecule has 3 atom stereocenters. The second-order valence-corrected chi connectivity index (χ2v) is 6.38. The summed E-state index contributed by atoms with van der Waals surface area (Å²) < 4.78 is 11.0. The maximum absolute atomic E-state index is 10.6. The van der Waals surface area contributed by atoms with Crippen LogP contribution in [0.2, 0.25) is 0 Å². The van der Waals surface area contributed by atoms with E-state index in [0.29, 0.717) is 0 Å². The molecule has 0 saturated carbocycles. The van der Waals surface area contributed by atoms with Crippen LogP contribution in [0.4, 0.5) is 0 Å². The summed E-state index contributed by atoms with van der Waals surface area (Å²) in [5, 5.41) is 10.6. The Kier molecular flexibility index (Phi) is 6.02. The third-order valence-electron chi connectivity index (χ3n) is 4.87. The molecule has 5 nitrogen and oxygen atoms in total. The zero-order valence-electron chi connectivity index (χ0n) is 13.9. The number of hydrogen-bond acceptors (Lipinski definition) is 5. The van der Waals surface area contributed by atoms with Gasteiger partial charge in [-0.3, -0.25) is 9.80 Å². The topological polar surface area (TPSA) is 45.2 Å². The highest BCUT2D eigenvalue weighted by Crippen LogP contribution is 2.31. The van der Waals surface area contributed by atoms with Crippen molar-refractivity contribution in [2.75, 3.05) is 52.6 Å². The molecule has 2 heterocycles. The van der Waals surface area contributed by atoms with Gasteiger partial charge in [0, 0.05) is 26.2 Å². The zero-order valence-corrected chi connectivity index (χ0v) is 13.9. The van der Waals surface area contributed by atoms with Crippen LogP contribution in [-0.2, 0) is 9.47 Å². The molecule has 0 amide bonds. The average molecular weight is 320 g/mol. The molecule has 0 spiro atoms. The van der Waals surface area contributed by atoms with Gasteiger partial charge in [0.1, 0.15) is 0 Å². The SMILES string of the molecule is C[C@@H](O)[C@H]([C@@H](c1ccccc1)N1CCOCC1)N1CCOCC1. The summed E-state index contributed by atoms with van der Waals surface area (Å²) >= 11 is 0. The Morgan fingerprint density at radius 1 is 0.870 bits per heavy atom. The van der Waals surface area contributed by atoms with Crippen molar-refractivity contribution in [3.8, 4) is 0 Å². The second kappa shape index (κ2) is 8.22. The predicted molar refractivity (Wildman–Crippen MR) is 89.4 cm³/mol. The van der Waals surface area contributed by atoms with Crippen molar-refractivity contribution in [3.05, 3.63) is 35.9 Å². The molecule has 0 aliphatic carbocycles. The van der Waals surface area contributed by atoms with Crippen LogP contribution >= 0.6 is 0 Å². The molecule has 23 heavy (non-hydrogen) atoms. The summed E-state index contributed by atoms with van der Waals surface area (Å²) in [5.74, 6) is 0. The molecule has 1 aromatic rings. The first-order valence-corrected chi connectivity index (χ1v) is 8.64. The van der Waals surface area contributed by atoms with Crippen LogP contribution in [0, 0.1) is 0 Å². The second-order valence-electron chi connectivity index (χ2n) is 6.38. The highest BCUT2D eigenvalue weighted by atomic mass is 16.5. The minimum atomic E-state index is -0.402. The molecular formula is C18H28N2O3. The lowest BCUT2D eigenvalue weighted by atomic mass is 9.92. The Morgan fingerprint density at radius 3 is 1.91 bits per heavy atom. The first kappa shape index (κ1) is 16.9. The van der Waals surface area contributed by atoms with Crippen LogP contribution in [0.15, 0.2) is 30.3 Å². The van der Waals surface area contributed by atoms with E-state index in [4.69, 9.17) is 9.47 Å². The molecule has 0 bridgehead atoms. The lowest BCUT2D eigenvalue weighted by molar-refractivity contribution is -0.0675. The number of aliphatic hydroxyl groups is 1. The van der Waals surface area contributed by atoms with E-state index in [1.54, 1.807) is 0 Å². The Morgan fingerprint density at radius 2 is 1.39 bits per heavy atom. The van der Waals surface area contributed by atoms with Crippen molar-refractivity contribution in [1.29, 1.82) is 0 Å². The fourth-order valence-electron chi connectivity index (χ4n) is 3.77. The Hall–Kier alpha value is -0.980. The van der Waals surface area contributed by atoms with Crippen molar-refractivity contribution in [2.45, 2.75) is 25.1 Å². The summed E-state index contributed by atoms with van der Waals surface area (Å²) in [5.41, 5.74) is 1.27. The predicted octanol–water partition coefficient (Wildman–Crippen LogP) is 1.14. The summed E-state index contributed by atoms with van der Waals surface area (Å²) in [6, 6.07) is 10.8. The van der Waals surface area contributed by atoms with Gasteiger partial charge in [-0.25, -0.2) is 0 Å². The van der Waals surface area contributed by atoms with Gasteiger partial charge in [0.25, 0.3) is 0 Å². The lowest BCUT2D eigenvalue weighted by Crippen LogP contribution is -2.56. The molecule has 2 saturated heterocycles. The Labute approximate surface area is 138 Å². The van der Waals surface area contributed by atoms with Crippen LogP contribution in [0.5, 0.6) is 0 Å². The molecule has 1 N–H and O–H groups in total. The molecule has 2 aliphatic heterocycles. The highest BCUT2D eigenvalue weighted by molar-refractivity contribution is 5.22. The van der Waals surface area contributed by atoms with E-state index in [1.165, 1.54) is 5.56 Å². The van der Waals surface area contributed by atoms with E-state index in [-0.39, 0.29) is 12.1 Å². The zero-order chi connectivity index (χ0) is 16.1. The monoisotopic (exact) mass is 320 g/mol. The van der Waals surface area contributed by atoms with Gasteiger partial charge in [0.2, 0.25) is 0 Å². The normalized spacial score (nSPS) is 25.0. The molecule has 0 radical (unpaired) electrons. The third-order valence-corrected chi connectivity index (χ3v) is 4.87. The van der Waals surface area contributed by atoms with Crippen LogP contribution in [0.3, 0.4) is 0 Å². The molecule has 3 rings (SSSR count). The molecular weight excluding hydrogens is 292 g/mol. The number of hydrogen-bond donors (Lipinski definition) is 1. The van der Waals surface area contributed by atoms with Crippen LogP contribution in [-0.4, -0.2) is 79.7 Å². The highest BCUT2D eigenvalue weighted by Gasteiger charge is 2.37. The summed E-state index contributed by atoms with van der Waals surface area (Å²) in [6.45, 7) is 8.50. The van der Waals surface area contributed by atoms with E-state index in [2.05, 4.69) is 34.1 Å². The molecule has 2 fully saturated rings. The molecule has 5 heteroatoms. The molecule has 128 valence electrons. The van der Waals surface area contributed by atoms with Crippen LogP contribution < -0.4 is 0 Å². The van der Waals surface area contributed by atoms with Gasteiger partial charge in [-0.15, -0.1) is 0 Å². The number of aliphatic hydroxyl groups excluding tert-OH is 1. The smallest absolute Gasteiger partial charge is 0.0685 e. The van der Waals surface area contributed by atoms with Crippen LogP contribution in [0.1, 0.15) is 18.5 Å². The van der Waals surface area contributed by atoms with Gasteiger partial charge in [-0.2, -0.15) is 0 Å². The van der Waals surface area contributed by atoms with E-state index in [9.17, 15) is 5.11 Å². The number of morpholine rings is 2. The van der Waals surface area contributed by atoms with Crippen molar-refractivity contribution in [3.63, 3.8) is 0 Å². The van der Waals surface area contributed by atoms with Crippen molar-refractivity contribution >= 4 is 0 Å². The number of ether oxygens (including phenoxy) is 2. The average Bonchev–Trinajstić information content (AvgIpc) is 2.61. The number of rotatable bonds is 5. The maximum atomic E-state index is 10.6. The minimum absolute atomic E-state index is 0.0689. The summed E-state index contributed by atoms with van der Waals surface area (Å²) in [7, 11) is 0. The van der Waals surface area contributed by atoms with Crippen LogP contribution in [0.25, 0.3) is 0 Å². The van der Waals surface area contributed by atoms with Crippen molar-refractivity contribution < 1.29 is 14.6 Å².